The van der Waals surface area contributed by atoms with E-state index in [1.165, 1.54) is 28.5 Å². The molecule has 1 aliphatic carbocycles. The Kier molecular flexibility index (Phi) is 2.89. The summed E-state index contributed by atoms with van der Waals surface area (Å²) in [6, 6.07) is 14.5. The van der Waals surface area contributed by atoms with Gasteiger partial charge in [0.2, 0.25) is 0 Å². The van der Waals surface area contributed by atoms with Gasteiger partial charge < -0.3 is 16.0 Å². The molecule has 0 fully saturated rings. The summed E-state index contributed by atoms with van der Waals surface area (Å²) in [6.07, 6.45) is 3.54. The number of fused-ring (bicyclic) bond motifs is 1. The SMILES string of the molecule is Nc1ccc(-c2cccc3c2CCC3c2nocc2N)cc1. The van der Waals surface area contributed by atoms with Crippen LogP contribution in [0.3, 0.4) is 0 Å². The minimum Gasteiger partial charge on any atom is -0.399 e. The molecular weight excluding hydrogens is 274 g/mol. The number of rotatable bonds is 2. The van der Waals surface area contributed by atoms with Gasteiger partial charge in [0.05, 0.1) is 5.69 Å². The summed E-state index contributed by atoms with van der Waals surface area (Å²) in [5.74, 6) is 0.225. The second-order valence-electron chi connectivity index (χ2n) is 5.74. The first kappa shape index (κ1) is 13.0. The molecule has 1 atom stereocenters. The van der Waals surface area contributed by atoms with E-state index in [4.69, 9.17) is 16.0 Å². The molecular formula is C18H17N3O. The summed E-state index contributed by atoms with van der Waals surface area (Å²) in [5, 5.41) is 4.09. The Bertz CT molecular complexity index is 821. The molecule has 4 nitrogen and oxygen atoms in total. The number of hydrogen-bond donors (Lipinski definition) is 2. The summed E-state index contributed by atoms with van der Waals surface area (Å²) >= 11 is 0. The molecule has 3 aromatic rings. The molecule has 0 aliphatic heterocycles. The molecule has 1 aromatic heterocycles. The van der Waals surface area contributed by atoms with Crippen molar-refractivity contribution in [2.24, 2.45) is 0 Å². The minimum absolute atomic E-state index is 0.225. The Morgan fingerprint density at radius 3 is 2.59 bits per heavy atom. The van der Waals surface area contributed by atoms with Crippen LogP contribution in [-0.2, 0) is 6.42 Å². The van der Waals surface area contributed by atoms with E-state index in [2.05, 4.69) is 35.5 Å². The quantitative estimate of drug-likeness (QED) is 0.707. The second kappa shape index (κ2) is 4.91. The van der Waals surface area contributed by atoms with E-state index in [1.807, 2.05) is 12.1 Å². The van der Waals surface area contributed by atoms with Crippen molar-refractivity contribution in [1.29, 1.82) is 0 Å². The number of nitrogens with two attached hydrogens (primary N) is 2. The fourth-order valence-corrected chi connectivity index (χ4v) is 3.39. The molecule has 0 saturated heterocycles. The largest absolute Gasteiger partial charge is 0.399 e. The van der Waals surface area contributed by atoms with Crippen molar-refractivity contribution in [2.75, 3.05) is 11.5 Å². The van der Waals surface area contributed by atoms with Gasteiger partial charge in [-0.1, -0.05) is 35.5 Å². The number of benzene rings is 2. The van der Waals surface area contributed by atoms with Crippen LogP contribution in [0.15, 0.2) is 53.3 Å². The maximum absolute atomic E-state index is 5.97. The Hall–Kier alpha value is -2.75. The van der Waals surface area contributed by atoms with E-state index in [9.17, 15) is 0 Å². The first-order valence-electron chi connectivity index (χ1n) is 7.41. The van der Waals surface area contributed by atoms with Crippen LogP contribution in [0.4, 0.5) is 11.4 Å². The lowest BCUT2D eigenvalue weighted by Gasteiger charge is -2.12. The summed E-state index contributed by atoms with van der Waals surface area (Å²) < 4.78 is 5.01. The lowest BCUT2D eigenvalue weighted by Crippen LogP contribution is -2.00. The molecule has 22 heavy (non-hydrogen) atoms. The second-order valence-corrected chi connectivity index (χ2v) is 5.74. The van der Waals surface area contributed by atoms with Gasteiger partial charge in [-0.15, -0.1) is 0 Å². The standard InChI is InChI=1S/C18H17N3O/c19-12-6-4-11(5-7-12)13-2-1-3-14-15(13)8-9-16(14)18-17(20)10-22-21-18/h1-7,10,16H,8-9,19-20H2. The summed E-state index contributed by atoms with van der Waals surface area (Å²) in [4.78, 5) is 0. The first-order chi connectivity index (χ1) is 10.7. The predicted molar refractivity (Wildman–Crippen MR) is 87.4 cm³/mol. The number of nitrogen functional groups attached to an aromatic ring is 2. The molecule has 4 N–H and O–H groups in total. The van der Waals surface area contributed by atoms with Gasteiger partial charge in [-0.05, 0) is 47.2 Å². The van der Waals surface area contributed by atoms with E-state index >= 15 is 0 Å². The van der Waals surface area contributed by atoms with Crippen LogP contribution in [0, 0.1) is 0 Å². The normalized spacial score (nSPS) is 16.6. The molecule has 0 radical (unpaired) electrons. The third-order valence-electron chi connectivity index (χ3n) is 4.45. The first-order valence-corrected chi connectivity index (χ1v) is 7.41. The zero-order chi connectivity index (χ0) is 15.1. The monoisotopic (exact) mass is 291 g/mol. The highest BCUT2D eigenvalue weighted by atomic mass is 16.5. The lowest BCUT2D eigenvalue weighted by molar-refractivity contribution is 0.408. The van der Waals surface area contributed by atoms with Crippen molar-refractivity contribution < 1.29 is 4.52 Å². The Labute approximate surface area is 128 Å². The maximum Gasteiger partial charge on any atom is 0.147 e. The fraction of sp³-hybridized carbons (Fsp3) is 0.167. The van der Waals surface area contributed by atoms with Crippen LogP contribution in [-0.4, -0.2) is 5.16 Å². The average Bonchev–Trinajstić information content (AvgIpc) is 3.13. The molecule has 110 valence electrons. The van der Waals surface area contributed by atoms with E-state index < -0.39 is 0 Å². The van der Waals surface area contributed by atoms with Crippen LogP contribution < -0.4 is 11.5 Å². The van der Waals surface area contributed by atoms with Crippen molar-refractivity contribution in [3.63, 3.8) is 0 Å². The van der Waals surface area contributed by atoms with Crippen LogP contribution in [0.5, 0.6) is 0 Å². The molecule has 2 aromatic carbocycles. The van der Waals surface area contributed by atoms with Crippen molar-refractivity contribution in [3.05, 3.63) is 65.5 Å². The highest BCUT2D eigenvalue weighted by Crippen LogP contribution is 2.43. The van der Waals surface area contributed by atoms with Gasteiger partial charge in [-0.25, -0.2) is 0 Å². The van der Waals surface area contributed by atoms with E-state index in [0.29, 0.717) is 5.69 Å². The van der Waals surface area contributed by atoms with E-state index in [1.54, 1.807) is 0 Å². The molecule has 0 amide bonds. The molecule has 1 unspecified atom stereocenters. The highest BCUT2D eigenvalue weighted by Gasteiger charge is 2.29. The van der Waals surface area contributed by atoms with Crippen LogP contribution in [0.25, 0.3) is 11.1 Å². The van der Waals surface area contributed by atoms with E-state index in [-0.39, 0.29) is 5.92 Å². The molecule has 0 bridgehead atoms. The van der Waals surface area contributed by atoms with Gasteiger partial charge in [0.15, 0.2) is 0 Å². The number of nitrogens with zero attached hydrogens (tertiary/aromatic N) is 1. The van der Waals surface area contributed by atoms with Crippen LogP contribution >= 0.6 is 0 Å². The Balaban J connectivity index is 1.81. The zero-order valence-corrected chi connectivity index (χ0v) is 12.1. The number of anilines is 2. The Morgan fingerprint density at radius 2 is 1.86 bits per heavy atom. The van der Waals surface area contributed by atoms with Gasteiger partial charge in [-0.3, -0.25) is 0 Å². The molecule has 1 heterocycles. The van der Waals surface area contributed by atoms with Crippen molar-refractivity contribution >= 4 is 11.4 Å². The van der Waals surface area contributed by atoms with Crippen molar-refractivity contribution in [1.82, 2.24) is 5.16 Å². The lowest BCUT2D eigenvalue weighted by atomic mass is 9.93. The maximum atomic E-state index is 5.97. The summed E-state index contributed by atoms with van der Waals surface area (Å²) in [5.41, 5.74) is 19.2. The topological polar surface area (TPSA) is 78.1 Å². The molecule has 1 aliphatic rings. The molecule has 0 spiro atoms. The smallest absolute Gasteiger partial charge is 0.147 e. The summed E-state index contributed by atoms with van der Waals surface area (Å²) in [6.45, 7) is 0. The van der Waals surface area contributed by atoms with Gasteiger partial charge in [-0.2, -0.15) is 0 Å². The van der Waals surface area contributed by atoms with Gasteiger partial charge in [0.25, 0.3) is 0 Å². The van der Waals surface area contributed by atoms with Crippen LogP contribution in [0.1, 0.15) is 29.2 Å². The van der Waals surface area contributed by atoms with Crippen molar-refractivity contribution in [2.45, 2.75) is 18.8 Å². The summed E-state index contributed by atoms with van der Waals surface area (Å²) in [7, 11) is 0. The van der Waals surface area contributed by atoms with Gasteiger partial charge in [0, 0.05) is 11.6 Å². The van der Waals surface area contributed by atoms with Gasteiger partial charge in [0.1, 0.15) is 12.0 Å². The van der Waals surface area contributed by atoms with Crippen LogP contribution in [0.2, 0.25) is 0 Å². The third-order valence-corrected chi connectivity index (χ3v) is 4.45. The molecule has 4 heteroatoms. The fourth-order valence-electron chi connectivity index (χ4n) is 3.39. The highest BCUT2D eigenvalue weighted by molar-refractivity contribution is 5.72. The van der Waals surface area contributed by atoms with Gasteiger partial charge >= 0.3 is 0 Å². The van der Waals surface area contributed by atoms with Crippen molar-refractivity contribution in [3.8, 4) is 11.1 Å². The number of hydrogen-bond acceptors (Lipinski definition) is 4. The number of aromatic nitrogens is 1. The predicted octanol–water partition coefficient (Wildman–Crippen LogP) is 3.58. The average molecular weight is 291 g/mol. The molecule has 0 saturated carbocycles. The zero-order valence-electron chi connectivity index (χ0n) is 12.1. The Morgan fingerprint density at radius 1 is 1.05 bits per heavy atom. The molecule has 4 rings (SSSR count). The van der Waals surface area contributed by atoms with E-state index in [0.717, 1.165) is 24.2 Å². The third kappa shape index (κ3) is 1.96. The minimum atomic E-state index is 0.225.